The van der Waals surface area contributed by atoms with Crippen LogP contribution in [-0.2, 0) is 29.0 Å². The zero-order valence-electron chi connectivity index (χ0n) is 20.6. The third-order valence-corrected chi connectivity index (χ3v) is 7.39. The smallest absolute Gasteiger partial charge is 0.262 e. The Labute approximate surface area is 220 Å². The fourth-order valence-electron chi connectivity index (χ4n) is 4.38. The van der Waals surface area contributed by atoms with Crippen molar-refractivity contribution in [3.63, 3.8) is 0 Å². The summed E-state index contributed by atoms with van der Waals surface area (Å²) in [6, 6.07) is 25.7. The Balaban J connectivity index is 1.38. The van der Waals surface area contributed by atoms with Crippen molar-refractivity contribution < 1.29 is 9.53 Å². The van der Waals surface area contributed by atoms with Gasteiger partial charge < -0.3 is 15.0 Å². The second kappa shape index (κ2) is 12.1. The molecule has 190 valence electrons. The van der Waals surface area contributed by atoms with Gasteiger partial charge in [0.25, 0.3) is 5.56 Å². The van der Waals surface area contributed by atoms with Gasteiger partial charge in [-0.3, -0.25) is 14.2 Å². The monoisotopic (exact) mass is 514 g/mol. The normalized spacial score (nSPS) is 13.6. The fourth-order valence-corrected chi connectivity index (χ4v) is 5.23. The molecule has 1 saturated heterocycles. The van der Waals surface area contributed by atoms with Crippen molar-refractivity contribution in [1.82, 2.24) is 14.9 Å². The van der Waals surface area contributed by atoms with Crippen molar-refractivity contribution in [2.45, 2.75) is 24.7 Å². The van der Waals surface area contributed by atoms with E-state index < -0.39 is 0 Å². The molecule has 0 aliphatic carbocycles. The lowest BCUT2D eigenvalue weighted by molar-refractivity contribution is -0.118. The number of morpholine rings is 1. The predicted octanol–water partition coefficient (Wildman–Crippen LogP) is 3.88. The number of nitrogens with one attached hydrogen (secondary N) is 1. The Bertz CT molecular complexity index is 1400. The molecule has 1 aliphatic heterocycles. The van der Waals surface area contributed by atoms with Gasteiger partial charge in [-0.1, -0.05) is 72.4 Å². The average molecular weight is 515 g/mol. The highest BCUT2D eigenvalue weighted by Gasteiger charge is 2.17. The maximum absolute atomic E-state index is 13.7. The zero-order valence-corrected chi connectivity index (χ0v) is 21.5. The van der Waals surface area contributed by atoms with Gasteiger partial charge in [0.05, 0.1) is 29.9 Å². The first-order chi connectivity index (χ1) is 18.2. The van der Waals surface area contributed by atoms with Crippen molar-refractivity contribution in [3.05, 3.63) is 100 Å². The Morgan fingerprint density at radius 2 is 1.65 bits per heavy atom. The summed E-state index contributed by atoms with van der Waals surface area (Å²) in [5, 5.41) is 4.10. The van der Waals surface area contributed by atoms with Crippen molar-refractivity contribution in [1.29, 1.82) is 0 Å². The van der Waals surface area contributed by atoms with Crippen LogP contribution in [0.3, 0.4) is 0 Å². The molecule has 5 rings (SSSR count). The number of fused-ring (bicyclic) bond motifs is 1. The number of aromatic nitrogens is 2. The number of hydrogen-bond acceptors (Lipinski definition) is 6. The molecule has 0 radical (unpaired) electrons. The van der Waals surface area contributed by atoms with Crippen molar-refractivity contribution in [2.24, 2.45) is 0 Å². The topological polar surface area (TPSA) is 76.5 Å². The fraction of sp³-hybridized carbons (Fsp3) is 0.276. The van der Waals surface area contributed by atoms with Gasteiger partial charge in [0.2, 0.25) is 5.91 Å². The molecular formula is C29H30N4O3S. The number of carbonyl (C=O) groups excluding carboxylic acids is 1. The van der Waals surface area contributed by atoms with Crippen LogP contribution in [0.5, 0.6) is 0 Å². The third kappa shape index (κ3) is 6.39. The maximum atomic E-state index is 13.7. The molecule has 1 aromatic heterocycles. The summed E-state index contributed by atoms with van der Waals surface area (Å²) in [6.07, 6.45) is 0.699. The van der Waals surface area contributed by atoms with Crippen LogP contribution in [0.15, 0.2) is 88.8 Å². The van der Waals surface area contributed by atoms with E-state index in [2.05, 4.69) is 22.3 Å². The zero-order chi connectivity index (χ0) is 25.5. The number of thioether (sulfide) groups is 1. The lowest BCUT2D eigenvalue weighted by Crippen LogP contribution is -2.36. The predicted molar refractivity (Wildman–Crippen MR) is 148 cm³/mol. The minimum atomic E-state index is -0.0968. The van der Waals surface area contributed by atoms with Gasteiger partial charge in [0, 0.05) is 31.9 Å². The molecule has 1 aliphatic rings. The van der Waals surface area contributed by atoms with Gasteiger partial charge in [-0.15, -0.1) is 0 Å². The standard InChI is InChI=1S/C29H30N4O3S/c34-27(30-20-23-9-5-2-6-10-23)21-37-29-31-26-12-11-24(32-15-17-36-18-16-32)19-25(26)28(35)33(29)14-13-22-7-3-1-4-8-22/h1-12,19H,13-18,20-21H2,(H,30,34). The van der Waals surface area contributed by atoms with Gasteiger partial charge >= 0.3 is 0 Å². The van der Waals surface area contributed by atoms with Crippen LogP contribution in [0.1, 0.15) is 11.1 Å². The van der Waals surface area contributed by atoms with E-state index in [-0.39, 0.29) is 17.2 Å². The highest BCUT2D eigenvalue weighted by atomic mass is 32.2. The van der Waals surface area contributed by atoms with E-state index in [9.17, 15) is 9.59 Å². The van der Waals surface area contributed by atoms with Crippen LogP contribution in [-0.4, -0.2) is 47.5 Å². The molecule has 37 heavy (non-hydrogen) atoms. The lowest BCUT2D eigenvalue weighted by atomic mass is 10.1. The summed E-state index contributed by atoms with van der Waals surface area (Å²) in [4.78, 5) is 33.4. The van der Waals surface area contributed by atoms with Crippen molar-refractivity contribution >= 4 is 34.3 Å². The number of rotatable bonds is 9. The second-order valence-electron chi connectivity index (χ2n) is 8.94. The van der Waals surface area contributed by atoms with E-state index >= 15 is 0 Å². The largest absolute Gasteiger partial charge is 0.378 e. The Morgan fingerprint density at radius 3 is 2.38 bits per heavy atom. The van der Waals surface area contributed by atoms with E-state index in [4.69, 9.17) is 9.72 Å². The number of carbonyl (C=O) groups is 1. The minimum Gasteiger partial charge on any atom is -0.378 e. The van der Waals surface area contributed by atoms with Gasteiger partial charge in [-0.2, -0.15) is 0 Å². The number of anilines is 1. The van der Waals surface area contributed by atoms with Crippen molar-refractivity contribution in [2.75, 3.05) is 37.0 Å². The molecule has 1 N–H and O–H groups in total. The SMILES string of the molecule is O=C(CSc1nc2ccc(N3CCOCC3)cc2c(=O)n1CCc1ccccc1)NCc1ccccc1. The third-order valence-electron chi connectivity index (χ3n) is 6.41. The Hall–Kier alpha value is -3.62. The van der Waals surface area contributed by atoms with Crippen LogP contribution in [0.25, 0.3) is 10.9 Å². The summed E-state index contributed by atoms with van der Waals surface area (Å²) >= 11 is 1.30. The first kappa shape index (κ1) is 25.0. The molecule has 1 amide bonds. The van der Waals surface area contributed by atoms with Crippen LogP contribution in [0.4, 0.5) is 5.69 Å². The number of aryl methyl sites for hydroxylation is 1. The lowest BCUT2D eigenvalue weighted by Gasteiger charge is -2.29. The van der Waals surface area contributed by atoms with E-state index in [0.717, 1.165) is 29.9 Å². The summed E-state index contributed by atoms with van der Waals surface area (Å²) in [5.41, 5.74) is 3.76. The van der Waals surface area contributed by atoms with E-state index in [1.165, 1.54) is 11.8 Å². The number of amides is 1. The molecule has 0 saturated carbocycles. The average Bonchev–Trinajstić information content (AvgIpc) is 2.96. The molecule has 3 aromatic carbocycles. The second-order valence-corrected chi connectivity index (χ2v) is 9.88. The van der Waals surface area contributed by atoms with Gasteiger partial charge in [0.1, 0.15) is 0 Å². The van der Waals surface area contributed by atoms with Crippen molar-refractivity contribution in [3.8, 4) is 0 Å². The van der Waals surface area contributed by atoms with Gasteiger partial charge in [-0.05, 0) is 35.7 Å². The van der Waals surface area contributed by atoms with Crippen LogP contribution >= 0.6 is 11.8 Å². The summed E-state index contributed by atoms with van der Waals surface area (Å²) < 4.78 is 7.19. The van der Waals surface area contributed by atoms with E-state index in [1.54, 1.807) is 4.57 Å². The number of ether oxygens (including phenoxy) is 1. The number of benzene rings is 3. The van der Waals surface area contributed by atoms with Crippen LogP contribution < -0.4 is 15.8 Å². The number of nitrogens with zero attached hydrogens (tertiary/aromatic N) is 3. The highest BCUT2D eigenvalue weighted by Crippen LogP contribution is 2.23. The van der Waals surface area contributed by atoms with Crippen LogP contribution in [0, 0.1) is 0 Å². The Morgan fingerprint density at radius 1 is 0.946 bits per heavy atom. The van der Waals surface area contributed by atoms with Crippen LogP contribution in [0.2, 0.25) is 0 Å². The number of hydrogen-bond donors (Lipinski definition) is 1. The summed E-state index contributed by atoms with van der Waals surface area (Å²) in [7, 11) is 0. The molecule has 8 heteroatoms. The molecule has 4 aromatic rings. The molecule has 0 spiro atoms. The van der Waals surface area contributed by atoms with Gasteiger partial charge in [0.15, 0.2) is 5.16 Å². The quantitative estimate of drug-likeness (QED) is 0.270. The summed E-state index contributed by atoms with van der Waals surface area (Å²) in [6.45, 7) is 3.91. The first-order valence-corrected chi connectivity index (χ1v) is 13.5. The molecule has 2 heterocycles. The molecule has 7 nitrogen and oxygen atoms in total. The summed E-state index contributed by atoms with van der Waals surface area (Å²) in [5.74, 6) is 0.0857. The molecule has 0 bridgehead atoms. The minimum absolute atomic E-state index is 0.0803. The first-order valence-electron chi connectivity index (χ1n) is 12.5. The molecule has 0 unspecified atom stereocenters. The molecular weight excluding hydrogens is 484 g/mol. The highest BCUT2D eigenvalue weighted by molar-refractivity contribution is 7.99. The maximum Gasteiger partial charge on any atom is 0.262 e. The van der Waals surface area contributed by atoms with Gasteiger partial charge in [-0.25, -0.2) is 4.98 Å². The van der Waals surface area contributed by atoms with E-state index in [1.807, 2.05) is 66.7 Å². The molecule has 0 atom stereocenters. The Kier molecular flexibility index (Phi) is 8.18. The van der Waals surface area contributed by atoms with E-state index in [0.29, 0.717) is 48.8 Å². The molecule has 1 fully saturated rings.